The van der Waals surface area contributed by atoms with Crippen LogP contribution in [0, 0.1) is 11.8 Å². The highest BCUT2D eigenvalue weighted by Gasteiger charge is 2.12. The van der Waals surface area contributed by atoms with E-state index < -0.39 is 0 Å². The lowest BCUT2D eigenvalue weighted by molar-refractivity contribution is 0.367. The summed E-state index contributed by atoms with van der Waals surface area (Å²) in [6, 6.07) is 8.38. The lowest BCUT2D eigenvalue weighted by atomic mass is 9.89. The smallest absolute Gasteiger partial charge is 0.119 e. The molecule has 1 aromatic carbocycles. The number of hydrogen-bond acceptors (Lipinski definition) is 2. The Balaban J connectivity index is 2.51. The van der Waals surface area contributed by atoms with Crippen LogP contribution in [0.2, 0.25) is 0 Å². The Morgan fingerprint density at radius 3 is 2.65 bits per heavy atom. The standard InChI is InChI=1S/C15H25NO/c1-5-16-11-13(3)12(2)9-14-7-6-8-15(10-14)17-4/h6-8,10,12-13,16H,5,9,11H2,1-4H3. The van der Waals surface area contributed by atoms with E-state index in [0.717, 1.165) is 25.3 Å². The number of benzene rings is 1. The van der Waals surface area contributed by atoms with Gasteiger partial charge in [0.1, 0.15) is 5.75 Å². The zero-order chi connectivity index (χ0) is 12.7. The molecule has 0 aliphatic rings. The zero-order valence-corrected chi connectivity index (χ0v) is 11.5. The number of nitrogens with one attached hydrogen (secondary N) is 1. The molecule has 0 amide bonds. The number of ether oxygens (including phenoxy) is 1. The summed E-state index contributed by atoms with van der Waals surface area (Å²) in [5, 5.41) is 3.41. The molecule has 0 saturated carbocycles. The minimum Gasteiger partial charge on any atom is -0.497 e. The summed E-state index contributed by atoms with van der Waals surface area (Å²) in [7, 11) is 1.72. The van der Waals surface area contributed by atoms with Crippen LogP contribution in [0.15, 0.2) is 24.3 Å². The van der Waals surface area contributed by atoms with E-state index in [1.54, 1.807) is 7.11 Å². The Morgan fingerprint density at radius 2 is 2.00 bits per heavy atom. The molecule has 1 rings (SSSR count). The van der Waals surface area contributed by atoms with Gasteiger partial charge in [0, 0.05) is 0 Å². The van der Waals surface area contributed by atoms with Gasteiger partial charge >= 0.3 is 0 Å². The normalized spacial score (nSPS) is 14.4. The molecular weight excluding hydrogens is 210 g/mol. The predicted molar refractivity (Wildman–Crippen MR) is 73.6 cm³/mol. The van der Waals surface area contributed by atoms with Crippen molar-refractivity contribution in [1.29, 1.82) is 0 Å². The van der Waals surface area contributed by atoms with Crippen LogP contribution in [0.3, 0.4) is 0 Å². The molecule has 0 aliphatic heterocycles. The summed E-state index contributed by atoms with van der Waals surface area (Å²) in [5.41, 5.74) is 1.36. The van der Waals surface area contributed by atoms with Crippen LogP contribution in [0.1, 0.15) is 26.3 Å². The van der Waals surface area contributed by atoms with Crippen LogP contribution < -0.4 is 10.1 Å². The van der Waals surface area contributed by atoms with Crippen molar-refractivity contribution in [2.24, 2.45) is 11.8 Å². The van der Waals surface area contributed by atoms with E-state index in [2.05, 4.69) is 44.3 Å². The second kappa shape index (κ2) is 7.33. The maximum Gasteiger partial charge on any atom is 0.119 e. The van der Waals surface area contributed by atoms with Gasteiger partial charge in [-0.1, -0.05) is 32.9 Å². The SMILES string of the molecule is CCNCC(C)C(C)Cc1cccc(OC)c1. The Kier molecular flexibility index (Phi) is 6.06. The molecule has 0 saturated heterocycles. The third-order valence-electron chi connectivity index (χ3n) is 3.38. The van der Waals surface area contributed by atoms with Gasteiger partial charge in [0.05, 0.1) is 7.11 Å². The van der Waals surface area contributed by atoms with Crippen LogP contribution in [0.5, 0.6) is 5.75 Å². The first kappa shape index (κ1) is 14.0. The molecule has 96 valence electrons. The molecule has 2 heteroatoms. The maximum absolute atomic E-state index is 5.25. The van der Waals surface area contributed by atoms with Crippen molar-refractivity contribution in [3.63, 3.8) is 0 Å². The van der Waals surface area contributed by atoms with Crippen molar-refractivity contribution < 1.29 is 4.74 Å². The van der Waals surface area contributed by atoms with Crippen molar-refractivity contribution in [2.75, 3.05) is 20.2 Å². The summed E-state index contributed by atoms with van der Waals surface area (Å²) >= 11 is 0. The van der Waals surface area contributed by atoms with Crippen molar-refractivity contribution in [2.45, 2.75) is 27.2 Å². The second-order valence-electron chi connectivity index (χ2n) is 4.82. The average Bonchev–Trinajstić information content (AvgIpc) is 2.36. The fourth-order valence-electron chi connectivity index (χ4n) is 1.95. The van der Waals surface area contributed by atoms with Gasteiger partial charge in [0.2, 0.25) is 0 Å². The van der Waals surface area contributed by atoms with Crippen molar-refractivity contribution >= 4 is 0 Å². The number of rotatable bonds is 7. The molecule has 0 fully saturated rings. The molecular formula is C15H25NO. The lowest BCUT2D eigenvalue weighted by Gasteiger charge is -2.20. The molecule has 2 unspecified atom stereocenters. The third kappa shape index (κ3) is 4.78. The zero-order valence-electron chi connectivity index (χ0n) is 11.5. The topological polar surface area (TPSA) is 21.3 Å². The van der Waals surface area contributed by atoms with Crippen LogP contribution in [0.25, 0.3) is 0 Å². The predicted octanol–water partition coefficient (Wildman–Crippen LogP) is 3.12. The molecule has 2 nitrogen and oxygen atoms in total. The van der Waals surface area contributed by atoms with E-state index in [9.17, 15) is 0 Å². The summed E-state index contributed by atoms with van der Waals surface area (Å²) in [5.74, 6) is 2.33. The van der Waals surface area contributed by atoms with Crippen LogP contribution in [0.4, 0.5) is 0 Å². The molecule has 0 radical (unpaired) electrons. The number of methoxy groups -OCH3 is 1. The quantitative estimate of drug-likeness (QED) is 0.784. The van der Waals surface area contributed by atoms with E-state index in [-0.39, 0.29) is 0 Å². The second-order valence-corrected chi connectivity index (χ2v) is 4.82. The van der Waals surface area contributed by atoms with Crippen molar-refractivity contribution in [3.8, 4) is 5.75 Å². The highest BCUT2D eigenvalue weighted by molar-refractivity contribution is 5.28. The third-order valence-corrected chi connectivity index (χ3v) is 3.38. The van der Waals surface area contributed by atoms with E-state index in [4.69, 9.17) is 4.74 Å². The highest BCUT2D eigenvalue weighted by atomic mass is 16.5. The van der Waals surface area contributed by atoms with Crippen LogP contribution in [-0.2, 0) is 6.42 Å². The molecule has 0 aromatic heterocycles. The van der Waals surface area contributed by atoms with E-state index in [1.807, 2.05) is 6.07 Å². The Morgan fingerprint density at radius 1 is 1.24 bits per heavy atom. The lowest BCUT2D eigenvalue weighted by Crippen LogP contribution is -2.25. The van der Waals surface area contributed by atoms with Gasteiger partial charge < -0.3 is 10.1 Å². The molecule has 0 bridgehead atoms. The maximum atomic E-state index is 5.25. The van der Waals surface area contributed by atoms with E-state index >= 15 is 0 Å². The number of hydrogen-bond donors (Lipinski definition) is 1. The molecule has 0 spiro atoms. The fourth-order valence-corrected chi connectivity index (χ4v) is 1.95. The van der Waals surface area contributed by atoms with Crippen molar-refractivity contribution in [1.82, 2.24) is 5.32 Å². The van der Waals surface area contributed by atoms with Gasteiger partial charge in [0.25, 0.3) is 0 Å². The Labute approximate surface area is 105 Å². The van der Waals surface area contributed by atoms with E-state index in [0.29, 0.717) is 11.8 Å². The molecule has 1 aromatic rings. The minimum atomic E-state index is 0.682. The molecule has 1 N–H and O–H groups in total. The highest BCUT2D eigenvalue weighted by Crippen LogP contribution is 2.19. The van der Waals surface area contributed by atoms with Gasteiger partial charge in [-0.2, -0.15) is 0 Å². The average molecular weight is 235 g/mol. The first-order chi connectivity index (χ1) is 8.17. The summed E-state index contributed by atoms with van der Waals surface area (Å²) in [6.45, 7) is 8.94. The van der Waals surface area contributed by atoms with Gasteiger partial charge in [-0.15, -0.1) is 0 Å². The van der Waals surface area contributed by atoms with Crippen LogP contribution in [-0.4, -0.2) is 20.2 Å². The molecule has 0 aliphatic carbocycles. The summed E-state index contributed by atoms with van der Waals surface area (Å²) in [4.78, 5) is 0. The molecule has 2 atom stereocenters. The monoisotopic (exact) mass is 235 g/mol. The Bertz CT molecular complexity index is 324. The summed E-state index contributed by atoms with van der Waals surface area (Å²) in [6.07, 6.45) is 1.11. The van der Waals surface area contributed by atoms with Gasteiger partial charge in [-0.25, -0.2) is 0 Å². The minimum absolute atomic E-state index is 0.682. The van der Waals surface area contributed by atoms with Gasteiger partial charge in [0.15, 0.2) is 0 Å². The van der Waals surface area contributed by atoms with Crippen LogP contribution >= 0.6 is 0 Å². The van der Waals surface area contributed by atoms with Crippen molar-refractivity contribution in [3.05, 3.63) is 29.8 Å². The Hall–Kier alpha value is -1.02. The van der Waals surface area contributed by atoms with E-state index in [1.165, 1.54) is 5.56 Å². The van der Waals surface area contributed by atoms with Gasteiger partial charge in [-0.05, 0) is 49.0 Å². The molecule has 17 heavy (non-hydrogen) atoms. The first-order valence-corrected chi connectivity index (χ1v) is 6.51. The molecule has 0 heterocycles. The largest absolute Gasteiger partial charge is 0.497 e. The fraction of sp³-hybridized carbons (Fsp3) is 0.600. The summed E-state index contributed by atoms with van der Waals surface area (Å²) < 4.78 is 5.25. The van der Waals surface area contributed by atoms with Gasteiger partial charge in [-0.3, -0.25) is 0 Å². The first-order valence-electron chi connectivity index (χ1n) is 6.51.